The molecule has 0 saturated heterocycles. The third-order valence-electron chi connectivity index (χ3n) is 4.36. The molecule has 1 aliphatic carbocycles. The lowest BCUT2D eigenvalue weighted by Gasteiger charge is -2.28. The summed E-state index contributed by atoms with van der Waals surface area (Å²) in [6.45, 7) is 0.407. The zero-order valence-corrected chi connectivity index (χ0v) is 13.9. The summed E-state index contributed by atoms with van der Waals surface area (Å²) in [6, 6.07) is 5.45. The highest BCUT2D eigenvalue weighted by Crippen LogP contribution is 2.19. The van der Waals surface area contributed by atoms with E-state index in [-0.39, 0.29) is 17.9 Å². The molecule has 0 radical (unpaired) electrons. The number of aromatic nitrogens is 1. The van der Waals surface area contributed by atoms with E-state index in [1.165, 1.54) is 18.4 Å². The summed E-state index contributed by atoms with van der Waals surface area (Å²) in [5, 5.41) is 15.4. The Bertz CT molecular complexity index is 702. The van der Waals surface area contributed by atoms with Crippen molar-refractivity contribution < 1.29 is 18.7 Å². The van der Waals surface area contributed by atoms with Gasteiger partial charge in [0.25, 0.3) is 0 Å². The van der Waals surface area contributed by atoms with Crippen molar-refractivity contribution in [3.05, 3.63) is 42.0 Å². The monoisotopic (exact) mass is 347 g/mol. The van der Waals surface area contributed by atoms with Gasteiger partial charge in [0.2, 0.25) is 5.89 Å². The molecular formula is C18H22FN3O3. The number of carbonyl (C=O) groups excluding carboxylic acids is 1. The number of halogens is 1. The van der Waals surface area contributed by atoms with Crippen LogP contribution in [0.15, 0.2) is 34.9 Å². The van der Waals surface area contributed by atoms with Gasteiger partial charge in [-0.25, -0.2) is 14.2 Å². The van der Waals surface area contributed by atoms with E-state index in [1.807, 2.05) is 0 Å². The molecule has 7 heteroatoms. The third-order valence-corrected chi connectivity index (χ3v) is 4.36. The van der Waals surface area contributed by atoms with Gasteiger partial charge in [0, 0.05) is 18.5 Å². The molecular weight excluding hydrogens is 325 g/mol. The van der Waals surface area contributed by atoms with Crippen molar-refractivity contribution in [2.75, 3.05) is 6.54 Å². The maximum atomic E-state index is 12.9. The minimum Gasteiger partial charge on any atom is -0.444 e. The molecule has 0 bridgehead atoms. The van der Waals surface area contributed by atoms with E-state index >= 15 is 0 Å². The fourth-order valence-electron chi connectivity index (χ4n) is 2.95. The van der Waals surface area contributed by atoms with Gasteiger partial charge >= 0.3 is 6.03 Å². The Morgan fingerprint density at radius 1 is 1.28 bits per heavy atom. The van der Waals surface area contributed by atoms with E-state index in [1.54, 1.807) is 12.1 Å². The second-order valence-electron chi connectivity index (χ2n) is 6.26. The van der Waals surface area contributed by atoms with Gasteiger partial charge in [-0.3, -0.25) is 0 Å². The minimum atomic E-state index is -0.465. The number of aliphatic hydroxyl groups excluding tert-OH is 1. The Kier molecular flexibility index (Phi) is 5.65. The Hall–Kier alpha value is -2.41. The van der Waals surface area contributed by atoms with E-state index < -0.39 is 6.10 Å². The molecule has 134 valence electrons. The molecule has 1 aromatic heterocycles. The number of amides is 2. The first-order valence-electron chi connectivity index (χ1n) is 8.54. The Morgan fingerprint density at radius 2 is 2.04 bits per heavy atom. The van der Waals surface area contributed by atoms with Gasteiger partial charge in [0.05, 0.1) is 17.8 Å². The Morgan fingerprint density at radius 3 is 2.80 bits per heavy atom. The maximum absolute atomic E-state index is 12.9. The van der Waals surface area contributed by atoms with Crippen LogP contribution in [0.5, 0.6) is 0 Å². The fraction of sp³-hybridized carbons (Fsp3) is 0.444. The minimum absolute atomic E-state index is 0.175. The van der Waals surface area contributed by atoms with Crippen molar-refractivity contribution >= 4 is 6.03 Å². The molecule has 6 nitrogen and oxygen atoms in total. The number of aliphatic hydroxyl groups is 1. The molecule has 2 amide bonds. The Balaban J connectivity index is 1.44. The summed E-state index contributed by atoms with van der Waals surface area (Å²) in [4.78, 5) is 16.2. The van der Waals surface area contributed by atoms with Crippen LogP contribution in [0.1, 0.15) is 31.4 Å². The van der Waals surface area contributed by atoms with Crippen molar-refractivity contribution in [1.82, 2.24) is 15.6 Å². The van der Waals surface area contributed by atoms with Gasteiger partial charge in [0.15, 0.2) is 0 Å². The number of hydrogen-bond acceptors (Lipinski definition) is 4. The van der Waals surface area contributed by atoms with Crippen molar-refractivity contribution in [2.24, 2.45) is 0 Å². The molecule has 1 fully saturated rings. The first-order valence-corrected chi connectivity index (χ1v) is 8.54. The van der Waals surface area contributed by atoms with Crippen LogP contribution in [0, 0.1) is 5.82 Å². The van der Waals surface area contributed by atoms with Crippen molar-refractivity contribution in [1.29, 1.82) is 0 Å². The smallest absolute Gasteiger partial charge is 0.315 e. The van der Waals surface area contributed by atoms with Gasteiger partial charge in [-0.05, 0) is 37.1 Å². The van der Waals surface area contributed by atoms with Gasteiger partial charge in [0.1, 0.15) is 12.1 Å². The van der Waals surface area contributed by atoms with Crippen LogP contribution >= 0.6 is 0 Å². The lowest BCUT2D eigenvalue weighted by atomic mass is 9.93. The highest BCUT2D eigenvalue weighted by Gasteiger charge is 2.24. The lowest BCUT2D eigenvalue weighted by molar-refractivity contribution is 0.0943. The quantitative estimate of drug-likeness (QED) is 0.776. The normalized spacial score (nSPS) is 20.2. The number of nitrogens with one attached hydrogen (secondary N) is 2. The van der Waals surface area contributed by atoms with Crippen molar-refractivity contribution in [3.63, 3.8) is 0 Å². The number of nitrogens with zero attached hydrogens (tertiary/aromatic N) is 1. The van der Waals surface area contributed by atoms with E-state index in [0.717, 1.165) is 25.7 Å². The molecule has 1 saturated carbocycles. The molecule has 3 N–H and O–H groups in total. The number of hydrogen-bond donors (Lipinski definition) is 3. The molecule has 2 aromatic rings. The predicted octanol–water partition coefficient (Wildman–Crippen LogP) is 2.63. The Labute approximate surface area is 145 Å². The van der Waals surface area contributed by atoms with Crippen molar-refractivity contribution in [2.45, 2.75) is 44.2 Å². The first kappa shape index (κ1) is 17.4. The van der Waals surface area contributed by atoms with Gasteiger partial charge in [-0.2, -0.15) is 0 Å². The summed E-state index contributed by atoms with van der Waals surface area (Å²) in [6.07, 6.45) is 5.15. The number of benzene rings is 1. The van der Waals surface area contributed by atoms with E-state index in [0.29, 0.717) is 30.1 Å². The molecule has 2 atom stereocenters. The van der Waals surface area contributed by atoms with Crippen LogP contribution < -0.4 is 10.6 Å². The van der Waals surface area contributed by atoms with Crippen LogP contribution in [0.25, 0.3) is 11.5 Å². The number of carbonyl (C=O) groups is 1. The molecule has 1 aromatic carbocycles. The summed E-state index contributed by atoms with van der Waals surface area (Å²) in [7, 11) is 0. The number of oxazole rings is 1. The number of rotatable bonds is 5. The largest absolute Gasteiger partial charge is 0.444 e. The van der Waals surface area contributed by atoms with Crippen LogP contribution in [0.3, 0.4) is 0 Å². The van der Waals surface area contributed by atoms with Crippen LogP contribution in [-0.2, 0) is 6.42 Å². The van der Waals surface area contributed by atoms with E-state index in [4.69, 9.17) is 4.42 Å². The highest BCUT2D eigenvalue weighted by atomic mass is 19.1. The van der Waals surface area contributed by atoms with Gasteiger partial charge < -0.3 is 20.2 Å². The average Bonchev–Trinajstić information content (AvgIpc) is 3.06. The van der Waals surface area contributed by atoms with Crippen LogP contribution in [0.2, 0.25) is 0 Å². The van der Waals surface area contributed by atoms with Crippen molar-refractivity contribution in [3.8, 4) is 11.5 Å². The lowest BCUT2D eigenvalue weighted by Crippen LogP contribution is -2.49. The zero-order chi connectivity index (χ0) is 17.6. The average molecular weight is 347 g/mol. The topological polar surface area (TPSA) is 87.4 Å². The molecule has 25 heavy (non-hydrogen) atoms. The van der Waals surface area contributed by atoms with E-state index in [2.05, 4.69) is 15.6 Å². The summed E-state index contributed by atoms with van der Waals surface area (Å²) in [5.41, 5.74) is 1.40. The molecule has 2 unspecified atom stereocenters. The fourth-order valence-corrected chi connectivity index (χ4v) is 2.95. The maximum Gasteiger partial charge on any atom is 0.315 e. The summed E-state index contributed by atoms with van der Waals surface area (Å²) in [5.74, 6) is 0.110. The first-order chi connectivity index (χ1) is 12.1. The van der Waals surface area contributed by atoms with Gasteiger partial charge in [-0.15, -0.1) is 0 Å². The zero-order valence-electron chi connectivity index (χ0n) is 13.9. The molecule has 1 heterocycles. The second kappa shape index (κ2) is 8.11. The second-order valence-corrected chi connectivity index (χ2v) is 6.26. The molecule has 3 rings (SSSR count). The SMILES string of the molecule is O=C(NCCc1coc(-c2ccc(F)cc2)n1)NC1CCCCC1O. The molecule has 0 spiro atoms. The molecule has 0 aliphatic heterocycles. The third kappa shape index (κ3) is 4.79. The van der Waals surface area contributed by atoms with Crippen LogP contribution in [-0.4, -0.2) is 34.8 Å². The molecule has 1 aliphatic rings. The predicted molar refractivity (Wildman–Crippen MR) is 90.4 cm³/mol. The van der Waals surface area contributed by atoms with Crippen LogP contribution in [0.4, 0.5) is 9.18 Å². The van der Waals surface area contributed by atoms with E-state index in [9.17, 15) is 14.3 Å². The number of urea groups is 1. The highest BCUT2D eigenvalue weighted by molar-refractivity contribution is 5.74. The van der Waals surface area contributed by atoms with Gasteiger partial charge in [-0.1, -0.05) is 12.8 Å². The summed E-state index contributed by atoms with van der Waals surface area (Å²) < 4.78 is 18.3. The summed E-state index contributed by atoms with van der Waals surface area (Å²) >= 11 is 0. The standard InChI is InChI=1S/C18H22FN3O3/c19-13-7-5-12(6-8-13)17-21-14(11-25-17)9-10-20-18(24)22-15-3-1-2-4-16(15)23/h5-8,11,15-16,23H,1-4,9-10H2,(H2,20,22,24).